The first kappa shape index (κ1) is 17.0. The monoisotopic (exact) mass is 409 g/mol. The first-order valence-corrected chi connectivity index (χ1v) is 7.81. The van der Waals surface area contributed by atoms with Gasteiger partial charge in [-0.1, -0.05) is 45.7 Å². The number of rotatable bonds is 5. The van der Waals surface area contributed by atoms with E-state index in [-0.39, 0.29) is 10.0 Å². The molecule has 9 heteroatoms. The van der Waals surface area contributed by atoms with Crippen LogP contribution >= 0.6 is 38.9 Å². The second kappa shape index (κ2) is 6.80. The molecule has 0 fully saturated rings. The van der Waals surface area contributed by atoms with Crippen LogP contribution in [0.1, 0.15) is 16.1 Å². The smallest absolute Gasteiger partial charge is 0.385 e. The molecule has 0 spiro atoms. The second-order valence-electron chi connectivity index (χ2n) is 4.04. The van der Waals surface area contributed by atoms with Crippen molar-refractivity contribution in [3.05, 3.63) is 49.8 Å². The number of benzene rings is 1. The van der Waals surface area contributed by atoms with Gasteiger partial charge in [-0.2, -0.15) is 8.78 Å². The van der Waals surface area contributed by atoms with Gasteiger partial charge in [0.05, 0.1) is 0 Å². The summed E-state index contributed by atoms with van der Waals surface area (Å²) >= 11 is 9.37. The number of hydrogen-bond acceptors (Lipinski definition) is 5. The summed E-state index contributed by atoms with van der Waals surface area (Å²) in [5, 5.41) is 0.958. The van der Waals surface area contributed by atoms with Crippen molar-refractivity contribution in [2.75, 3.05) is 6.61 Å². The quantitative estimate of drug-likeness (QED) is 0.551. The van der Waals surface area contributed by atoms with Crippen molar-refractivity contribution >= 4 is 50.6 Å². The van der Waals surface area contributed by atoms with Gasteiger partial charge in [-0.15, -0.1) is 11.3 Å². The number of Topliss-reactive ketones (excluding diaryl/α,β-unsaturated/α-hetero) is 1. The third kappa shape index (κ3) is 3.68. The van der Waals surface area contributed by atoms with E-state index in [9.17, 15) is 18.4 Å². The van der Waals surface area contributed by atoms with Gasteiger partial charge >= 0.3 is 11.9 Å². The van der Waals surface area contributed by atoms with Gasteiger partial charge in [0, 0.05) is 15.4 Å². The summed E-state index contributed by atoms with van der Waals surface area (Å²) in [5.74, 6) is -6.42. The minimum absolute atomic E-state index is 0.119. The molecule has 1 aromatic heterocycles. The van der Waals surface area contributed by atoms with Crippen LogP contribution in [-0.2, 0) is 15.5 Å². The Morgan fingerprint density at radius 1 is 1.36 bits per heavy atom. The van der Waals surface area contributed by atoms with Gasteiger partial charge in [0.1, 0.15) is 5.69 Å². The molecule has 0 aliphatic carbocycles. The predicted molar refractivity (Wildman–Crippen MR) is 80.4 cm³/mol. The zero-order valence-corrected chi connectivity index (χ0v) is 13.8. The SMILES string of the molecule is O=C(COC(=O)C(F)(F)c1csc(Cl)n1)c1ccccc1Br. The third-order valence-electron chi connectivity index (χ3n) is 2.56. The highest BCUT2D eigenvalue weighted by molar-refractivity contribution is 9.10. The predicted octanol–water partition coefficient (Wildman–Crippen LogP) is 4.08. The summed E-state index contributed by atoms with van der Waals surface area (Å²) in [4.78, 5) is 26.7. The zero-order chi connectivity index (χ0) is 16.3. The highest BCUT2D eigenvalue weighted by atomic mass is 79.9. The molecule has 1 heterocycles. The van der Waals surface area contributed by atoms with Crippen LogP contribution in [0.25, 0.3) is 0 Å². The van der Waals surface area contributed by atoms with E-state index < -0.39 is 30.0 Å². The number of halogens is 4. The molecule has 0 aliphatic heterocycles. The standard InChI is InChI=1S/C13H7BrClF2NO3S/c14-8-4-2-1-3-7(8)9(19)5-21-11(20)13(16,17)10-6-22-12(15)18-10/h1-4,6H,5H2. The van der Waals surface area contributed by atoms with Crippen LogP contribution in [0.4, 0.5) is 8.78 Å². The average Bonchev–Trinajstić information content (AvgIpc) is 2.92. The number of thiazole rings is 1. The van der Waals surface area contributed by atoms with Crippen LogP contribution in [0.15, 0.2) is 34.1 Å². The van der Waals surface area contributed by atoms with E-state index in [1.807, 2.05) is 0 Å². The maximum atomic E-state index is 13.8. The molecule has 0 radical (unpaired) electrons. The molecule has 1 aromatic carbocycles. The number of carbonyl (C=O) groups excluding carboxylic acids is 2. The van der Waals surface area contributed by atoms with Gasteiger partial charge in [0.2, 0.25) is 5.78 Å². The number of hydrogen-bond donors (Lipinski definition) is 0. The first-order chi connectivity index (χ1) is 10.3. The Kier molecular flexibility index (Phi) is 5.25. The lowest BCUT2D eigenvalue weighted by Crippen LogP contribution is -2.30. The van der Waals surface area contributed by atoms with Gasteiger partial charge in [-0.25, -0.2) is 9.78 Å². The Morgan fingerprint density at radius 2 is 2.05 bits per heavy atom. The van der Waals surface area contributed by atoms with Crippen LogP contribution in [0, 0.1) is 0 Å². The lowest BCUT2D eigenvalue weighted by Gasteiger charge is -2.12. The molecule has 0 unspecified atom stereocenters. The molecule has 0 bridgehead atoms. The van der Waals surface area contributed by atoms with Crippen molar-refractivity contribution in [2.24, 2.45) is 0 Å². The van der Waals surface area contributed by atoms with Crippen LogP contribution in [0.3, 0.4) is 0 Å². The lowest BCUT2D eigenvalue weighted by atomic mass is 10.1. The van der Waals surface area contributed by atoms with E-state index in [2.05, 4.69) is 25.7 Å². The Bertz CT molecular complexity index is 723. The van der Waals surface area contributed by atoms with E-state index in [4.69, 9.17) is 11.6 Å². The number of alkyl halides is 2. The van der Waals surface area contributed by atoms with Crippen molar-refractivity contribution in [3.8, 4) is 0 Å². The molecule has 2 aromatic rings. The van der Waals surface area contributed by atoms with E-state index in [1.54, 1.807) is 18.2 Å². The molecule has 0 N–H and O–H groups in total. The summed E-state index contributed by atoms with van der Waals surface area (Å²) in [6, 6.07) is 6.39. The molecule has 0 atom stereocenters. The van der Waals surface area contributed by atoms with Gasteiger partial charge in [-0.05, 0) is 6.07 Å². The largest absolute Gasteiger partial charge is 0.453 e. The molecule has 22 heavy (non-hydrogen) atoms. The Hall–Kier alpha value is -1.38. The number of esters is 1. The van der Waals surface area contributed by atoms with Crippen molar-refractivity contribution in [2.45, 2.75) is 5.92 Å². The number of ether oxygens (including phenoxy) is 1. The fourth-order valence-corrected chi connectivity index (χ4v) is 2.78. The number of aromatic nitrogens is 1. The molecule has 0 saturated carbocycles. The maximum Gasteiger partial charge on any atom is 0.385 e. The summed E-state index contributed by atoms with van der Waals surface area (Å²) in [6.07, 6.45) is 0. The highest BCUT2D eigenvalue weighted by Crippen LogP contribution is 2.31. The molecule has 0 saturated heterocycles. The number of carbonyl (C=O) groups is 2. The number of ketones is 1. The first-order valence-electron chi connectivity index (χ1n) is 5.76. The van der Waals surface area contributed by atoms with Gasteiger partial charge in [0.25, 0.3) is 0 Å². The molecule has 0 aliphatic rings. The summed E-state index contributed by atoms with van der Waals surface area (Å²) in [6.45, 7) is -0.797. The van der Waals surface area contributed by atoms with Crippen LogP contribution in [0.5, 0.6) is 0 Å². The Morgan fingerprint density at radius 3 is 2.64 bits per heavy atom. The Balaban J connectivity index is 2.04. The highest BCUT2D eigenvalue weighted by Gasteiger charge is 2.45. The fraction of sp³-hybridized carbons (Fsp3) is 0.154. The Labute approximate surface area is 141 Å². The van der Waals surface area contributed by atoms with Crippen molar-refractivity contribution < 1.29 is 23.1 Å². The topological polar surface area (TPSA) is 56.3 Å². The minimum Gasteiger partial charge on any atom is -0.453 e. The van der Waals surface area contributed by atoms with Crippen LogP contribution in [0.2, 0.25) is 4.47 Å². The average molecular weight is 411 g/mol. The van der Waals surface area contributed by atoms with E-state index in [0.29, 0.717) is 4.47 Å². The maximum absolute atomic E-state index is 13.8. The molecule has 2 rings (SSSR count). The van der Waals surface area contributed by atoms with Crippen molar-refractivity contribution in [1.82, 2.24) is 4.98 Å². The van der Waals surface area contributed by atoms with E-state index in [0.717, 1.165) is 16.7 Å². The zero-order valence-electron chi connectivity index (χ0n) is 10.7. The summed E-state index contributed by atoms with van der Waals surface area (Å²) in [7, 11) is 0. The van der Waals surface area contributed by atoms with E-state index in [1.165, 1.54) is 6.07 Å². The van der Waals surface area contributed by atoms with Crippen molar-refractivity contribution in [1.29, 1.82) is 0 Å². The van der Waals surface area contributed by atoms with Crippen LogP contribution in [-0.4, -0.2) is 23.3 Å². The van der Waals surface area contributed by atoms with E-state index >= 15 is 0 Å². The molecular weight excluding hydrogens is 404 g/mol. The molecule has 116 valence electrons. The van der Waals surface area contributed by atoms with Crippen LogP contribution < -0.4 is 0 Å². The van der Waals surface area contributed by atoms with Gasteiger partial charge in [-0.3, -0.25) is 4.79 Å². The van der Waals surface area contributed by atoms with Gasteiger partial charge < -0.3 is 4.74 Å². The number of nitrogens with zero attached hydrogens (tertiary/aromatic N) is 1. The molecule has 0 amide bonds. The molecule has 4 nitrogen and oxygen atoms in total. The lowest BCUT2D eigenvalue weighted by molar-refractivity contribution is -0.172. The van der Waals surface area contributed by atoms with Gasteiger partial charge in [0.15, 0.2) is 11.1 Å². The normalized spacial score (nSPS) is 11.3. The van der Waals surface area contributed by atoms with Crippen molar-refractivity contribution in [3.63, 3.8) is 0 Å². The fourth-order valence-electron chi connectivity index (χ4n) is 1.49. The second-order valence-corrected chi connectivity index (χ2v) is 6.33. The molecular formula is C13H7BrClF2NO3S. The summed E-state index contributed by atoms with van der Waals surface area (Å²) < 4.78 is 32.3. The minimum atomic E-state index is -3.96. The third-order valence-corrected chi connectivity index (χ3v) is 4.23. The summed E-state index contributed by atoms with van der Waals surface area (Å²) in [5.41, 5.74) is -0.573.